The molecule has 0 bridgehead atoms. The molecule has 25 heavy (non-hydrogen) atoms. The highest BCUT2D eigenvalue weighted by atomic mass is 19.4. The zero-order chi connectivity index (χ0) is 17.9. The lowest BCUT2D eigenvalue weighted by molar-refractivity contribution is -0.141. The van der Waals surface area contributed by atoms with E-state index in [0.717, 1.165) is 17.2 Å². The van der Waals surface area contributed by atoms with E-state index in [4.69, 9.17) is 0 Å². The van der Waals surface area contributed by atoms with Crippen LogP contribution >= 0.6 is 0 Å². The maximum atomic E-state index is 13.2. The summed E-state index contributed by atoms with van der Waals surface area (Å²) >= 11 is 0. The Morgan fingerprint density at radius 3 is 2.24 bits per heavy atom. The van der Waals surface area contributed by atoms with Crippen LogP contribution in [0.5, 0.6) is 0 Å². The Bertz CT molecular complexity index is 844. The molecule has 128 valence electrons. The summed E-state index contributed by atoms with van der Waals surface area (Å²) in [6.45, 7) is 2.26. The van der Waals surface area contributed by atoms with Crippen LogP contribution in [0.2, 0.25) is 0 Å². The summed E-state index contributed by atoms with van der Waals surface area (Å²) in [4.78, 5) is 7.86. The van der Waals surface area contributed by atoms with E-state index >= 15 is 0 Å². The van der Waals surface area contributed by atoms with Gasteiger partial charge in [0.1, 0.15) is 0 Å². The SMILES string of the molecule is Cc1ccc(-c2cc(C(F)(F)F)nc(NCc3ccccc3)n2)cc1. The van der Waals surface area contributed by atoms with Crippen molar-refractivity contribution in [3.63, 3.8) is 0 Å². The number of hydrogen-bond acceptors (Lipinski definition) is 3. The van der Waals surface area contributed by atoms with Crippen molar-refractivity contribution >= 4 is 5.95 Å². The van der Waals surface area contributed by atoms with Gasteiger partial charge < -0.3 is 5.32 Å². The molecule has 0 saturated heterocycles. The molecule has 2 aromatic carbocycles. The zero-order valence-corrected chi connectivity index (χ0v) is 13.5. The second-order valence-corrected chi connectivity index (χ2v) is 5.66. The summed E-state index contributed by atoms with van der Waals surface area (Å²) in [7, 11) is 0. The molecule has 0 saturated carbocycles. The molecule has 0 amide bonds. The molecule has 3 rings (SSSR count). The first-order valence-electron chi connectivity index (χ1n) is 7.73. The number of anilines is 1. The molecule has 0 spiro atoms. The first-order chi connectivity index (χ1) is 11.9. The maximum absolute atomic E-state index is 13.2. The maximum Gasteiger partial charge on any atom is 0.433 e. The Morgan fingerprint density at radius 1 is 0.920 bits per heavy atom. The minimum absolute atomic E-state index is 0.0470. The van der Waals surface area contributed by atoms with Gasteiger partial charge in [0.25, 0.3) is 0 Å². The van der Waals surface area contributed by atoms with Gasteiger partial charge in [-0.1, -0.05) is 60.2 Å². The fraction of sp³-hybridized carbons (Fsp3) is 0.158. The van der Waals surface area contributed by atoms with Crippen molar-refractivity contribution in [2.45, 2.75) is 19.6 Å². The van der Waals surface area contributed by atoms with E-state index in [1.807, 2.05) is 49.4 Å². The highest BCUT2D eigenvalue weighted by molar-refractivity contribution is 5.61. The number of nitrogens with one attached hydrogen (secondary N) is 1. The number of benzene rings is 2. The quantitative estimate of drug-likeness (QED) is 0.717. The van der Waals surface area contributed by atoms with E-state index < -0.39 is 11.9 Å². The fourth-order valence-corrected chi connectivity index (χ4v) is 2.32. The van der Waals surface area contributed by atoms with Gasteiger partial charge in [-0.05, 0) is 18.6 Å². The normalized spacial score (nSPS) is 11.4. The molecule has 3 nitrogen and oxygen atoms in total. The Kier molecular flexibility index (Phi) is 4.70. The summed E-state index contributed by atoms with van der Waals surface area (Å²) in [6, 6.07) is 17.5. The van der Waals surface area contributed by atoms with E-state index in [9.17, 15) is 13.2 Å². The first kappa shape index (κ1) is 17.0. The molecule has 1 N–H and O–H groups in total. The van der Waals surface area contributed by atoms with Crippen LogP contribution in [0.25, 0.3) is 11.3 Å². The van der Waals surface area contributed by atoms with Gasteiger partial charge in [-0.15, -0.1) is 0 Å². The van der Waals surface area contributed by atoms with Crippen LogP contribution in [0.1, 0.15) is 16.8 Å². The molecule has 0 radical (unpaired) electrons. The average molecular weight is 343 g/mol. The fourth-order valence-electron chi connectivity index (χ4n) is 2.32. The monoisotopic (exact) mass is 343 g/mol. The molecule has 0 aliphatic heterocycles. The lowest BCUT2D eigenvalue weighted by atomic mass is 10.1. The van der Waals surface area contributed by atoms with Crippen LogP contribution in [0.4, 0.5) is 19.1 Å². The minimum Gasteiger partial charge on any atom is -0.350 e. The lowest BCUT2D eigenvalue weighted by Gasteiger charge is -2.12. The number of halogens is 3. The van der Waals surface area contributed by atoms with Gasteiger partial charge in [0.15, 0.2) is 5.69 Å². The van der Waals surface area contributed by atoms with Gasteiger partial charge in [-0.25, -0.2) is 9.97 Å². The van der Waals surface area contributed by atoms with Gasteiger partial charge in [0.2, 0.25) is 5.95 Å². The predicted octanol–water partition coefficient (Wildman–Crippen LogP) is 5.08. The largest absolute Gasteiger partial charge is 0.433 e. The molecule has 6 heteroatoms. The molecular formula is C19H16F3N3. The standard InChI is InChI=1S/C19H16F3N3/c1-13-7-9-15(10-8-13)16-11-17(19(20,21)22)25-18(24-16)23-12-14-5-3-2-4-6-14/h2-11H,12H2,1H3,(H,23,24,25). The molecule has 3 aromatic rings. The van der Waals surface area contributed by atoms with E-state index in [2.05, 4.69) is 15.3 Å². The highest BCUT2D eigenvalue weighted by Gasteiger charge is 2.33. The second-order valence-electron chi connectivity index (χ2n) is 5.66. The number of rotatable bonds is 4. The number of aromatic nitrogens is 2. The van der Waals surface area contributed by atoms with Crippen molar-refractivity contribution in [2.75, 3.05) is 5.32 Å². The Morgan fingerprint density at radius 2 is 1.60 bits per heavy atom. The Labute approximate surface area is 143 Å². The van der Waals surface area contributed by atoms with E-state index in [1.165, 1.54) is 0 Å². The first-order valence-corrected chi connectivity index (χ1v) is 7.73. The third kappa shape index (κ3) is 4.35. The van der Waals surface area contributed by atoms with Crippen molar-refractivity contribution < 1.29 is 13.2 Å². The third-order valence-electron chi connectivity index (χ3n) is 3.66. The van der Waals surface area contributed by atoms with E-state index in [1.54, 1.807) is 12.1 Å². The lowest BCUT2D eigenvalue weighted by Crippen LogP contribution is -2.12. The smallest absolute Gasteiger partial charge is 0.350 e. The molecule has 0 aliphatic carbocycles. The third-order valence-corrected chi connectivity index (χ3v) is 3.66. The van der Waals surface area contributed by atoms with Gasteiger partial charge in [0, 0.05) is 12.1 Å². The van der Waals surface area contributed by atoms with Gasteiger partial charge in [-0.3, -0.25) is 0 Å². The van der Waals surface area contributed by atoms with Crippen molar-refractivity contribution in [3.05, 3.63) is 77.5 Å². The summed E-state index contributed by atoms with van der Waals surface area (Å²) in [5.74, 6) is -0.0470. The average Bonchev–Trinajstić information content (AvgIpc) is 2.60. The molecule has 0 unspecified atom stereocenters. The summed E-state index contributed by atoms with van der Waals surface area (Å²) in [6.07, 6.45) is -4.54. The molecular weight excluding hydrogens is 327 g/mol. The van der Waals surface area contributed by atoms with E-state index in [0.29, 0.717) is 12.1 Å². The highest BCUT2D eigenvalue weighted by Crippen LogP contribution is 2.31. The van der Waals surface area contributed by atoms with Crippen molar-refractivity contribution in [3.8, 4) is 11.3 Å². The van der Waals surface area contributed by atoms with Gasteiger partial charge in [-0.2, -0.15) is 13.2 Å². The molecule has 1 heterocycles. The minimum atomic E-state index is -4.54. The van der Waals surface area contributed by atoms with Gasteiger partial charge in [0.05, 0.1) is 5.69 Å². The Balaban J connectivity index is 1.94. The zero-order valence-electron chi connectivity index (χ0n) is 13.5. The molecule has 1 aromatic heterocycles. The number of hydrogen-bond donors (Lipinski definition) is 1. The second kappa shape index (κ2) is 6.93. The van der Waals surface area contributed by atoms with Crippen LogP contribution in [0, 0.1) is 6.92 Å². The van der Waals surface area contributed by atoms with Crippen molar-refractivity contribution in [2.24, 2.45) is 0 Å². The summed E-state index contributed by atoms with van der Waals surface area (Å²) in [5, 5.41) is 2.87. The predicted molar refractivity (Wildman–Crippen MR) is 91.0 cm³/mol. The Hall–Kier alpha value is -2.89. The number of alkyl halides is 3. The van der Waals surface area contributed by atoms with Crippen LogP contribution in [-0.2, 0) is 12.7 Å². The molecule has 0 aliphatic rings. The van der Waals surface area contributed by atoms with Crippen LogP contribution < -0.4 is 5.32 Å². The summed E-state index contributed by atoms with van der Waals surface area (Å²) in [5.41, 5.74) is 1.84. The molecule has 0 atom stereocenters. The molecule has 0 fully saturated rings. The van der Waals surface area contributed by atoms with Crippen molar-refractivity contribution in [1.29, 1.82) is 0 Å². The van der Waals surface area contributed by atoms with Crippen molar-refractivity contribution in [1.82, 2.24) is 9.97 Å². The van der Waals surface area contributed by atoms with Gasteiger partial charge >= 0.3 is 6.18 Å². The number of nitrogens with zero attached hydrogens (tertiary/aromatic N) is 2. The number of aryl methyl sites for hydroxylation is 1. The van der Waals surface area contributed by atoms with Crippen LogP contribution in [0.3, 0.4) is 0 Å². The topological polar surface area (TPSA) is 37.8 Å². The van der Waals surface area contributed by atoms with Crippen LogP contribution in [-0.4, -0.2) is 9.97 Å². The van der Waals surface area contributed by atoms with E-state index in [-0.39, 0.29) is 11.6 Å². The summed E-state index contributed by atoms with van der Waals surface area (Å²) < 4.78 is 39.5. The van der Waals surface area contributed by atoms with Crippen LogP contribution in [0.15, 0.2) is 60.7 Å².